The van der Waals surface area contributed by atoms with Gasteiger partial charge in [-0.1, -0.05) is 6.07 Å². The minimum absolute atomic E-state index is 0.407. The van der Waals surface area contributed by atoms with Crippen LogP contribution in [0.4, 0.5) is 5.69 Å². The number of pyridine rings is 1. The topological polar surface area (TPSA) is 71.1 Å². The zero-order valence-corrected chi connectivity index (χ0v) is 11.7. The molecular weight excluding hydrogens is 262 g/mol. The molecule has 0 aliphatic rings. The van der Waals surface area contributed by atoms with E-state index >= 15 is 0 Å². The average Bonchev–Trinajstić information content (AvgIpc) is 2.38. The number of aromatic nitrogens is 1. The van der Waals surface area contributed by atoms with E-state index in [9.17, 15) is 8.42 Å². The van der Waals surface area contributed by atoms with Crippen molar-refractivity contribution in [3.63, 3.8) is 0 Å². The van der Waals surface area contributed by atoms with Gasteiger partial charge in [0.2, 0.25) is 10.0 Å². The van der Waals surface area contributed by atoms with Gasteiger partial charge in [-0.2, -0.15) is 0 Å². The molecule has 102 valence electrons. The normalized spacial score (nSPS) is 13.4. The standard InChI is InChI=1S/C13H17N3O2S/c1-10(9-14-2)19(17,18)16-12-5-6-13-11(8-12)4-3-7-15-13/h3-8,10,14,16H,9H2,1-2H3. The van der Waals surface area contributed by atoms with Gasteiger partial charge in [-0.25, -0.2) is 8.42 Å². The summed E-state index contributed by atoms with van der Waals surface area (Å²) < 4.78 is 26.7. The maximum absolute atomic E-state index is 12.1. The molecule has 5 nitrogen and oxygen atoms in total. The van der Waals surface area contributed by atoms with E-state index < -0.39 is 15.3 Å². The Hall–Kier alpha value is -1.66. The molecule has 2 aromatic rings. The fourth-order valence-corrected chi connectivity index (χ4v) is 2.84. The maximum Gasteiger partial charge on any atom is 0.236 e. The van der Waals surface area contributed by atoms with Crippen LogP contribution in [-0.4, -0.2) is 32.2 Å². The van der Waals surface area contributed by atoms with Crippen molar-refractivity contribution in [2.45, 2.75) is 12.2 Å². The van der Waals surface area contributed by atoms with Crippen LogP contribution in [0.1, 0.15) is 6.92 Å². The first kappa shape index (κ1) is 13.8. The fourth-order valence-electron chi connectivity index (χ4n) is 1.80. The first-order valence-electron chi connectivity index (χ1n) is 6.04. The molecule has 0 saturated carbocycles. The zero-order chi connectivity index (χ0) is 13.9. The van der Waals surface area contributed by atoms with E-state index in [4.69, 9.17) is 0 Å². The summed E-state index contributed by atoms with van der Waals surface area (Å²) in [4.78, 5) is 4.20. The van der Waals surface area contributed by atoms with Crippen LogP contribution in [0.2, 0.25) is 0 Å². The van der Waals surface area contributed by atoms with Crippen LogP contribution in [-0.2, 0) is 10.0 Å². The maximum atomic E-state index is 12.1. The van der Waals surface area contributed by atoms with Crippen LogP contribution >= 0.6 is 0 Å². The molecule has 1 aromatic carbocycles. The Bertz CT molecular complexity index is 670. The number of hydrogen-bond acceptors (Lipinski definition) is 4. The second-order valence-electron chi connectivity index (χ2n) is 4.43. The zero-order valence-electron chi connectivity index (χ0n) is 10.9. The highest BCUT2D eigenvalue weighted by atomic mass is 32.2. The molecule has 2 rings (SSSR count). The number of hydrogen-bond donors (Lipinski definition) is 2. The summed E-state index contributed by atoms with van der Waals surface area (Å²) in [5.74, 6) is 0. The molecule has 0 saturated heterocycles. The number of sulfonamides is 1. The Labute approximate surface area is 113 Å². The quantitative estimate of drug-likeness (QED) is 0.872. The van der Waals surface area contributed by atoms with E-state index in [1.54, 1.807) is 38.4 Å². The molecule has 0 aliphatic carbocycles. The molecule has 6 heteroatoms. The van der Waals surface area contributed by atoms with Gasteiger partial charge in [0.25, 0.3) is 0 Å². The highest BCUT2D eigenvalue weighted by Crippen LogP contribution is 2.18. The predicted molar refractivity (Wildman–Crippen MR) is 77.7 cm³/mol. The molecular formula is C13H17N3O2S. The summed E-state index contributed by atoms with van der Waals surface area (Å²) in [6, 6.07) is 9.03. The van der Waals surface area contributed by atoms with Gasteiger partial charge in [-0.3, -0.25) is 9.71 Å². The van der Waals surface area contributed by atoms with Crippen LogP contribution in [0.15, 0.2) is 36.5 Å². The molecule has 2 N–H and O–H groups in total. The lowest BCUT2D eigenvalue weighted by Gasteiger charge is -2.14. The van der Waals surface area contributed by atoms with E-state index in [-0.39, 0.29) is 0 Å². The van der Waals surface area contributed by atoms with Gasteiger partial charge in [0.1, 0.15) is 0 Å². The number of benzene rings is 1. The van der Waals surface area contributed by atoms with E-state index in [0.717, 1.165) is 10.9 Å². The largest absolute Gasteiger partial charge is 0.318 e. The molecule has 0 spiro atoms. The summed E-state index contributed by atoms with van der Waals surface area (Å²) in [6.45, 7) is 2.08. The van der Waals surface area contributed by atoms with E-state index in [1.165, 1.54) is 0 Å². The van der Waals surface area contributed by atoms with Crippen LogP contribution in [0.25, 0.3) is 10.9 Å². The summed E-state index contributed by atoms with van der Waals surface area (Å²) in [5.41, 5.74) is 1.40. The van der Waals surface area contributed by atoms with E-state index in [2.05, 4.69) is 15.0 Å². The number of rotatable bonds is 5. The summed E-state index contributed by atoms with van der Waals surface area (Å²) >= 11 is 0. The molecule has 1 aromatic heterocycles. The fraction of sp³-hybridized carbons (Fsp3) is 0.308. The predicted octanol–water partition coefficient (Wildman–Crippen LogP) is 1.58. The molecule has 0 aliphatic heterocycles. The molecule has 0 bridgehead atoms. The Morgan fingerprint density at radius 3 is 2.84 bits per heavy atom. The van der Waals surface area contributed by atoms with Gasteiger partial charge in [-0.15, -0.1) is 0 Å². The average molecular weight is 279 g/mol. The Balaban J connectivity index is 2.26. The summed E-state index contributed by atoms with van der Waals surface area (Å²) in [5, 5.41) is 3.27. The molecule has 1 atom stereocenters. The van der Waals surface area contributed by atoms with Gasteiger partial charge in [0.15, 0.2) is 0 Å². The van der Waals surface area contributed by atoms with Crippen molar-refractivity contribution in [1.82, 2.24) is 10.3 Å². The lowest BCUT2D eigenvalue weighted by molar-refractivity contribution is 0.584. The van der Waals surface area contributed by atoms with Gasteiger partial charge < -0.3 is 5.32 Å². The van der Waals surface area contributed by atoms with Crippen LogP contribution in [0, 0.1) is 0 Å². The molecule has 19 heavy (non-hydrogen) atoms. The molecule has 0 fully saturated rings. The van der Waals surface area contributed by atoms with Crippen LogP contribution in [0.5, 0.6) is 0 Å². The number of nitrogens with zero attached hydrogens (tertiary/aromatic N) is 1. The van der Waals surface area contributed by atoms with Crippen LogP contribution in [0.3, 0.4) is 0 Å². The third-order valence-corrected chi connectivity index (χ3v) is 4.63. The minimum Gasteiger partial charge on any atom is -0.318 e. The van der Waals surface area contributed by atoms with Gasteiger partial charge >= 0.3 is 0 Å². The monoisotopic (exact) mass is 279 g/mol. The second-order valence-corrected chi connectivity index (χ2v) is 6.53. The Morgan fingerprint density at radius 2 is 2.11 bits per heavy atom. The number of nitrogens with one attached hydrogen (secondary N) is 2. The van der Waals surface area contributed by atoms with Gasteiger partial charge in [-0.05, 0) is 38.2 Å². The summed E-state index contributed by atoms with van der Waals surface area (Å²) in [7, 11) is -1.65. The lowest BCUT2D eigenvalue weighted by Crippen LogP contribution is -2.33. The minimum atomic E-state index is -3.38. The third-order valence-electron chi connectivity index (χ3n) is 2.88. The van der Waals surface area contributed by atoms with Crippen molar-refractivity contribution in [3.05, 3.63) is 36.5 Å². The van der Waals surface area contributed by atoms with Gasteiger partial charge in [0, 0.05) is 23.8 Å². The Kier molecular flexibility index (Phi) is 4.01. The number of fused-ring (bicyclic) bond motifs is 1. The molecule has 0 radical (unpaired) electrons. The first-order chi connectivity index (χ1) is 9.03. The van der Waals surface area contributed by atoms with Crippen molar-refractivity contribution in [2.24, 2.45) is 0 Å². The second kappa shape index (κ2) is 5.54. The van der Waals surface area contributed by atoms with E-state index in [1.807, 2.05) is 12.1 Å². The van der Waals surface area contributed by atoms with Crippen LogP contribution < -0.4 is 10.0 Å². The van der Waals surface area contributed by atoms with Crippen molar-refractivity contribution >= 4 is 26.6 Å². The number of anilines is 1. The van der Waals surface area contributed by atoms with Crippen molar-refractivity contribution in [2.75, 3.05) is 18.3 Å². The van der Waals surface area contributed by atoms with E-state index in [0.29, 0.717) is 12.2 Å². The highest BCUT2D eigenvalue weighted by molar-refractivity contribution is 7.93. The summed E-state index contributed by atoms with van der Waals surface area (Å²) in [6.07, 6.45) is 1.71. The molecule has 0 amide bonds. The van der Waals surface area contributed by atoms with Crippen molar-refractivity contribution in [3.8, 4) is 0 Å². The molecule has 1 unspecified atom stereocenters. The highest BCUT2D eigenvalue weighted by Gasteiger charge is 2.19. The van der Waals surface area contributed by atoms with Gasteiger partial charge in [0.05, 0.1) is 10.8 Å². The third kappa shape index (κ3) is 3.21. The lowest BCUT2D eigenvalue weighted by atomic mass is 10.2. The van der Waals surface area contributed by atoms with Crippen molar-refractivity contribution < 1.29 is 8.42 Å². The Morgan fingerprint density at radius 1 is 1.32 bits per heavy atom. The van der Waals surface area contributed by atoms with Crippen molar-refractivity contribution in [1.29, 1.82) is 0 Å². The first-order valence-corrected chi connectivity index (χ1v) is 7.58. The molecule has 1 heterocycles. The smallest absolute Gasteiger partial charge is 0.236 e. The SMILES string of the molecule is CNCC(C)S(=O)(=O)Nc1ccc2ncccc2c1.